The first-order valence-corrected chi connectivity index (χ1v) is 7.05. The number of ether oxygens (including phenoxy) is 2. The molecule has 1 unspecified atom stereocenters. The number of aromatic nitrogens is 1. The fourth-order valence-corrected chi connectivity index (χ4v) is 2.10. The maximum absolute atomic E-state index is 6.23. The molecule has 1 aromatic rings. The largest absolute Gasteiger partial charge is 0.383 e. The Kier molecular flexibility index (Phi) is 7.84. The maximum atomic E-state index is 6.23. The first-order valence-electron chi connectivity index (χ1n) is 6.67. The van der Waals surface area contributed by atoms with Crippen LogP contribution in [0.4, 0.5) is 5.82 Å². The molecule has 0 aliphatic carbocycles. The van der Waals surface area contributed by atoms with Gasteiger partial charge in [-0.25, -0.2) is 4.98 Å². The number of pyridine rings is 1. The van der Waals surface area contributed by atoms with Gasteiger partial charge in [-0.2, -0.15) is 0 Å². The average Bonchev–Trinajstić information content (AvgIpc) is 2.45. The Morgan fingerprint density at radius 2 is 2.10 bits per heavy atom. The van der Waals surface area contributed by atoms with Gasteiger partial charge < -0.3 is 14.8 Å². The molecule has 0 amide bonds. The Morgan fingerprint density at radius 3 is 2.70 bits per heavy atom. The smallest absolute Gasteiger partial charge is 0.126 e. The van der Waals surface area contributed by atoms with Crippen molar-refractivity contribution in [1.29, 1.82) is 0 Å². The van der Waals surface area contributed by atoms with Crippen molar-refractivity contribution < 1.29 is 9.47 Å². The van der Waals surface area contributed by atoms with Gasteiger partial charge in [-0.1, -0.05) is 11.6 Å². The van der Waals surface area contributed by atoms with E-state index in [-0.39, 0.29) is 6.04 Å². The molecule has 0 spiro atoms. The zero-order valence-corrected chi connectivity index (χ0v) is 13.4. The summed E-state index contributed by atoms with van der Waals surface area (Å²) in [6.45, 7) is 4.92. The van der Waals surface area contributed by atoms with E-state index in [1.54, 1.807) is 14.2 Å². The van der Waals surface area contributed by atoms with Crippen LogP contribution < -0.4 is 5.32 Å². The van der Waals surface area contributed by atoms with Gasteiger partial charge in [-0.05, 0) is 19.1 Å². The van der Waals surface area contributed by atoms with Gasteiger partial charge in [0, 0.05) is 40.4 Å². The third kappa shape index (κ3) is 5.25. The topological polar surface area (TPSA) is 46.6 Å². The van der Waals surface area contributed by atoms with Crippen molar-refractivity contribution in [2.75, 3.05) is 46.3 Å². The molecular formula is C14H24ClN3O2. The van der Waals surface area contributed by atoms with Crippen LogP contribution in [-0.4, -0.2) is 57.0 Å². The quantitative estimate of drug-likeness (QED) is 0.758. The number of anilines is 1. The minimum atomic E-state index is 0.270. The van der Waals surface area contributed by atoms with Crippen molar-refractivity contribution >= 4 is 17.4 Å². The van der Waals surface area contributed by atoms with Gasteiger partial charge >= 0.3 is 0 Å². The number of halogens is 1. The third-order valence-electron chi connectivity index (χ3n) is 3.14. The lowest BCUT2D eigenvalue weighted by Crippen LogP contribution is -2.38. The second-order valence-electron chi connectivity index (χ2n) is 4.64. The lowest BCUT2D eigenvalue weighted by atomic mass is 10.2. The highest BCUT2D eigenvalue weighted by Gasteiger charge is 2.16. The molecule has 5 nitrogen and oxygen atoms in total. The van der Waals surface area contributed by atoms with Gasteiger partial charge in [0.05, 0.1) is 23.9 Å². The standard InChI is InChI=1S/C14H24ClN3O2/c1-11(10-20-4)18(7-8-19-3)9-13-12(15)5-6-14(16-2)17-13/h5-6,11H,7-10H2,1-4H3,(H,16,17). The van der Waals surface area contributed by atoms with Crippen LogP contribution >= 0.6 is 11.6 Å². The summed E-state index contributed by atoms with van der Waals surface area (Å²) in [6.07, 6.45) is 0. The first-order chi connectivity index (χ1) is 9.62. The van der Waals surface area contributed by atoms with Gasteiger partial charge in [0.25, 0.3) is 0 Å². The Bertz CT molecular complexity index is 404. The summed E-state index contributed by atoms with van der Waals surface area (Å²) in [7, 11) is 5.25. The molecule has 0 bridgehead atoms. The van der Waals surface area contributed by atoms with Crippen molar-refractivity contribution in [1.82, 2.24) is 9.88 Å². The summed E-state index contributed by atoms with van der Waals surface area (Å²) in [5, 5.41) is 3.70. The molecule has 0 aliphatic heterocycles. The van der Waals surface area contributed by atoms with Crippen LogP contribution in [0.15, 0.2) is 12.1 Å². The van der Waals surface area contributed by atoms with Crippen molar-refractivity contribution in [2.24, 2.45) is 0 Å². The molecule has 1 atom stereocenters. The highest BCUT2D eigenvalue weighted by atomic mass is 35.5. The van der Waals surface area contributed by atoms with Crippen molar-refractivity contribution in [3.05, 3.63) is 22.8 Å². The second kappa shape index (κ2) is 9.13. The Balaban J connectivity index is 2.81. The lowest BCUT2D eigenvalue weighted by molar-refractivity contribution is 0.0698. The van der Waals surface area contributed by atoms with Crippen LogP contribution in [0.25, 0.3) is 0 Å². The zero-order valence-electron chi connectivity index (χ0n) is 12.6. The number of methoxy groups -OCH3 is 2. The van der Waals surface area contributed by atoms with Gasteiger partial charge in [0.15, 0.2) is 0 Å². The van der Waals surface area contributed by atoms with Gasteiger partial charge in [-0.15, -0.1) is 0 Å². The molecule has 1 rings (SSSR count). The highest BCUT2D eigenvalue weighted by molar-refractivity contribution is 6.31. The summed E-state index contributed by atoms with van der Waals surface area (Å²) < 4.78 is 10.4. The lowest BCUT2D eigenvalue weighted by Gasteiger charge is -2.28. The van der Waals surface area contributed by atoms with Crippen LogP contribution in [0.1, 0.15) is 12.6 Å². The van der Waals surface area contributed by atoms with E-state index in [1.165, 1.54) is 0 Å². The number of nitrogens with one attached hydrogen (secondary N) is 1. The third-order valence-corrected chi connectivity index (χ3v) is 3.49. The summed E-state index contributed by atoms with van der Waals surface area (Å²) in [5.74, 6) is 0.815. The molecule has 0 radical (unpaired) electrons. The molecular weight excluding hydrogens is 278 g/mol. The van der Waals surface area contributed by atoms with Gasteiger partial charge in [0.1, 0.15) is 5.82 Å². The molecule has 1 N–H and O–H groups in total. The van der Waals surface area contributed by atoms with Crippen molar-refractivity contribution in [2.45, 2.75) is 19.5 Å². The fourth-order valence-electron chi connectivity index (χ4n) is 1.94. The number of hydrogen-bond acceptors (Lipinski definition) is 5. The molecule has 20 heavy (non-hydrogen) atoms. The normalized spacial score (nSPS) is 12.7. The number of hydrogen-bond donors (Lipinski definition) is 1. The molecule has 0 aliphatic rings. The van der Waals surface area contributed by atoms with E-state index in [0.717, 1.165) is 18.1 Å². The van der Waals surface area contributed by atoms with Crippen molar-refractivity contribution in [3.8, 4) is 0 Å². The SMILES string of the molecule is CNc1ccc(Cl)c(CN(CCOC)C(C)COC)n1. The minimum Gasteiger partial charge on any atom is -0.383 e. The van der Waals surface area contributed by atoms with Crippen LogP contribution in [-0.2, 0) is 16.0 Å². The fraction of sp³-hybridized carbons (Fsp3) is 0.643. The Labute approximate surface area is 126 Å². The van der Waals surface area contributed by atoms with Gasteiger partial charge in [0.2, 0.25) is 0 Å². The average molecular weight is 302 g/mol. The Hall–Kier alpha value is -0.880. The molecule has 1 heterocycles. The van der Waals surface area contributed by atoms with Gasteiger partial charge in [-0.3, -0.25) is 4.90 Å². The number of rotatable bonds is 9. The second-order valence-corrected chi connectivity index (χ2v) is 5.05. The molecule has 114 valence electrons. The highest BCUT2D eigenvalue weighted by Crippen LogP contribution is 2.19. The van der Waals surface area contributed by atoms with Crippen LogP contribution in [0, 0.1) is 0 Å². The molecule has 0 saturated heterocycles. The van der Waals surface area contributed by atoms with Crippen LogP contribution in [0.3, 0.4) is 0 Å². The molecule has 1 aromatic heterocycles. The van der Waals surface area contributed by atoms with E-state index in [0.29, 0.717) is 24.8 Å². The van der Waals surface area contributed by atoms with E-state index >= 15 is 0 Å². The van der Waals surface area contributed by atoms with Crippen molar-refractivity contribution in [3.63, 3.8) is 0 Å². The first kappa shape index (κ1) is 17.2. The minimum absolute atomic E-state index is 0.270. The molecule has 0 fully saturated rings. The summed E-state index contributed by atoms with van der Waals surface area (Å²) in [4.78, 5) is 6.77. The van der Waals surface area contributed by atoms with E-state index in [2.05, 4.69) is 22.1 Å². The number of nitrogens with zero attached hydrogens (tertiary/aromatic N) is 2. The monoisotopic (exact) mass is 301 g/mol. The molecule has 0 aromatic carbocycles. The Morgan fingerprint density at radius 1 is 1.35 bits per heavy atom. The predicted octanol–water partition coefficient (Wildman–Crippen LogP) is 2.26. The predicted molar refractivity (Wildman–Crippen MR) is 82.4 cm³/mol. The van der Waals surface area contributed by atoms with Crippen LogP contribution in [0.2, 0.25) is 5.02 Å². The van der Waals surface area contributed by atoms with E-state index < -0.39 is 0 Å². The summed E-state index contributed by atoms with van der Waals surface area (Å²) in [6, 6.07) is 4.00. The maximum Gasteiger partial charge on any atom is 0.126 e. The van der Waals surface area contributed by atoms with E-state index in [4.69, 9.17) is 21.1 Å². The van der Waals surface area contributed by atoms with Crippen LogP contribution in [0.5, 0.6) is 0 Å². The zero-order chi connectivity index (χ0) is 15.0. The van der Waals surface area contributed by atoms with E-state index in [9.17, 15) is 0 Å². The summed E-state index contributed by atoms with van der Waals surface area (Å²) in [5.41, 5.74) is 0.859. The molecule has 6 heteroatoms. The van der Waals surface area contributed by atoms with E-state index in [1.807, 2.05) is 19.2 Å². The summed E-state index contributed by atoms with van der Waals surface area (Å²) >= 11 is 6.23. The molecule has 0 saturated carbocycles.